The maximum absolute atomic E-state index is 12.3. The third-order valence-electron chi connectivity index (χ3n) is 3.98. The quantitative estimate of drug-likeness (QED) is 0.261. The van der Waals surface area contributed by atoms with E-state index in [0.29, 0.717) is 15.0 Å². The second-order valence-corrected chi connectivity index (χ2v) is 9.12. The number of anilines is 3. The Morgan fingerprint density at radius 2 is 2.07 bits per heavy atom. The molecule has 0 atom stereocenters. The summed E-state index contributed by atoms with van der Waals surface area (Å²) in [6, 6.07) is 10.7. The number of amides is 1. The smallest absolute Gasteiger partial charge is 0.293 e. The fourth-order valence-electron chi connectivity index (χ4n) is 2.42. The van der Waals surface area contributed by atoms with Crippen LogP contribution >= 0.6 is 39.0 Å². The molecule has 3 rings (SSSR count). The molecule has 0 spiro atoms. The summed E-state index contributed by atoms with van der Waals surface area (Å²) in [6.45, 7) is 3.58. The van der Waals surface area contributed by atoms with Crippen LogP contribution in [0.3, 0.4) is 0 Å². The van der Waals surface area contributed by atoms with Gasteiger partial charge in [-0.1, -0.05) is 51.2 Å². The van der Waals surface area contributed by atoms with E-state index in [1.807, 2.05) is 31.2 Å². The summed E-state index contributed by atoms with van der Waals surface area (Å²) in [5.74, 6) is -0.278. The van der Waals surface area contributed by atoms with Crippen molar-refractivity contribution in [2.24, 2.45) is 0 Å². The van der Waals surface area contributed by atoms with E-state index in [1.165, 1.54) is 29.2 Å². The fourth-order valence-corrected chi connectivity index (χ4v) is 4.39. The molecule has 1 aromatic heterocycles. The van der Waals surface area contributed by atoms with Crippen molar-refractivity contribution in [1.82, 2.24) is 10.2 Å². The summed E-state index contributed by atoms with van der Waals surface area (Å²) >= 11 is 5.95. The highest BCUT2D eigenvalue weighted by atomic mass is 79.9. The first kappa shape index (κ1) is 21.2. The Balaban J connectivity index is 1.61. The highest BCUT2D eigenvalue weighted by Crippen LogP contribution is 2.31. The van der Waals surface area contributed by atoms with Crippen LogP contribution in [0.5, 0.6) is 0 Å². The minimum Gasteiger partial charge on any atom is -0.330 e. The minimum absolute atomic E-state index is 0.0655. The molecule has 8 nitrogen and oxygen atoms in total. The number of nitro benzene ring substituents is 1. The summed E-state index contributed by atoms with van der Waals surface area (Å²) in [6.07, 6.45) is 0. The number of halogens is 1. The monoisotopic (exact) mass is 493 g/mol. The van der Waals surface area contributed by atoms with E-state index in [9.17, 15) is 14.9 Å². The maximum atomic E-state index is 12.3. The number of thioether (sulfide) groups is 1. The third-order valence-corrected chi connectivity index (χ3v) is 6.45. The Hall–Kier alpha value is -2.50. The molecule has 0 bridgehead atoms. The lowest BCUT2D eigenvalue weighted by Gasteiger charge is -2.10. The second kappa shape index (κ2) is 9.33. The van der Waals surface area contributed by atoms with Gasteiger partial charge in [0.25, 0.3) is 5.69 Å². The molecule has 2 N–H and O–H groups in total. The zero-order valence-corrected chi connectivity index (χ0v) is 18.7. The lowest BCUT2D eigenvalue weighted by molar-refractivity contribution is -0.384. The van der Waals surface area contributed by atoms with Gasteiger partial charge in [0.05, 0.1) is 10.7 Å². The molecule has 0 aliphatic heterocycles. The first-order valence-corrected chi connectivity index (χ1v) is 11.0. The zero-order chi connectivity index (χ0) is 21.0. The van der Waals surface area contributed by atoms with E-state index in [4.69, 9.17) is 0 Å². The molecule has 1 heterocycles. The van der Waals surface area contributed by atoms with Crippen molar-refractivity contribution < 1.29 is 9.72 Å². The summed E-state index contributed by atoms with van der Waals surface area (Å²) in [5.41, 5.74) is 2.52. The number of nitro groups is 1. The number of hydrogen-bond donors (Lipinski definition) is 2. The van der Waals surface area contributed by atoms with Crippen LogP contribution in [0.2, 0.25) is 0 Å². The first-order valence-electron chi connectivity index (χ1n) is 8.37. The topological polar surface area (TPSA) is 110 Å². The number of aromatic nitrogens is 2. The SMILES string of the molecule is Cc1ccc([N+](=O)[O-])c(NC(=O)CSc2nnc(Nc3cccc(Br)c3)s2)c1C. The van der Waals surface area contributed by atoms with Crippen LogP contribution < -0.4 is 10.6 Å². The standard InChI is InChI=1S/C18H16BrN5O3S2/c1-10-6-7-14(24(26)27)16(11(10)2)21-15(25)9-28-18-23-22-17(29-18)20-13-5-3-4-12(19)8-13/h3-8H,9H2,1-2H3,(H,20,22)(H,21,25). The Kier molecular flexibility index (Phi) is 6.83. The van der Waals surface area contributed by atoms with Gasteiger partial charge in [-0.05, 0) is 43.2 Å². The molecule has 0 unspecified atom stereocenters. The van der Waals surface area contributed by atoms with Gasteiger partial charge in [0, 0.05) is 16.2 Å². The normalized spacial score (nSPS) is 10.6. The molecule has 0 aliphatic rings. The van der Waals surface area contributed by atoms with E-state index in [2.05, 4.69) is 36.8 Å². The number of rotatable bonds is 7. The number of hydrogen-bond acceptors (Lipinski definition) is 8. The van der Waals surface area contributed by atoms with E-state index < -0.39 is 4.92 Å². The molecule has 2 aromatic carbocycles. The van der Waals surface area contributed by atoms with Crippen molar-refractivity contribution in [3.8, 4) is 0 Å². The fraction of sp³-hybridized carbons (Fsp3) is 0.167. The average Bonchev–Trinajstić information content (AvgIpc) is 3.11. The number of benzene rings is 2. The van der Waals surface area contributed by atoms with Gasteiger partial charge in [-0.15, -0.1) is 10.2 Å². The molecule has 1 amide bonds. The highest BCUT2D eigenvalue weighted by molar-refractivity contribution is 9.10. The molecule has 29 heavy (non-hydrogen) atoms. The van der Waals surface area contributed by atoms with Crippen LogP contribution in [-0.2, 0) is 4.79 Å². The Labute approximate surface area is 183 Å². The molecule has 3 aromatic rings. The van der Waals surface area contributed by atoms with Gasteiger partial charge in [-0.3, -0.25) is 14.9 Å². The largest absolute Gasteiger partial charge is 0.330 e. The Bertz CT molecular complexity index is 1070. The molecular weight excluding hydrogens is 478 g/mol. The lowest BCUT2D eigenvalue weighted by Crippen LogP contribution is -2.16. The van der Waals surface area contributed by atoms with Crippen LogP contribution in [0.4, 0.5) is 22.2 Å². The molecule has 0 radical (unpaired) electrons. The van der Waals surface area contributed by atoms with Gasteiger partial charge in [0.15, 0.2) is 4.34 Å². The predicted octanol–water partition coefficient (Wildman–Crippen LogP) is 5.30. The predicted molar refractivity (Wildman–Crippen MR) is 119 cm³/mol. The maximum Gasteiger partial charge on any atom is 0.293 e. The number of carbonyl (C=O) groups excluding carboxylic acids is 1. The van der Waals surface area contributed by atoms with Crippen LogP contribution in [0, 0.1) is 24.0 Å². The highest BCUT2D eigenvalue weighted by Gasteiger charge is 2.19. The molecule has 11 heteroatoms. The van der Waals surface area contributed by atoms with Crippen molar-refractivity contribution in [1.29, 1.82) is 0 Å². The molecule has 0 fully saturated rings. The van der Waals surface area contributed by atoms with Gasteiger partial charge in [-0.25, -0.2) is 0 Å². The van der Waals surface area contributed by atoms with Crippen LogP contribution in [0.1, 0.15) is 11.1 Å². The molecular formula is C18H16BrN5O3S2. The third kappa shape index (κ3) is 5.52. The van der Waals surface area contributed by atoms with Crippen LogP contribution in [-0.4, -0.2) is 26.8 Å². The minimum atomic E-state index is -0.500. The van der Waals surface area contributed by atoms with Crippen molar-refractivity contribution in [2.75, 3.05) is 16.4 Å². The van der Waals surface area contributed by atoms with E-state index in [0.717, 1.165) is 15.7 Å². The molecule has 0 aliphatic carbocycles. The van der Waals surface area contributed by atoms with Crippen molar-refractivity contribution in [2.45, 2.75) is 18.2 Å². The summed E-state index contributed by atoms with van der Waals surface area (Å²) in [7, 11) is 0. The van der Waals surface area contributed by atoms with Crippen molar-refractivity contribution in [3.05, 3.63) is 62.1 Å². The second-order valence-electron chi connectivity index (χ2n) is 6.00. The van der Waals surface area contributed by atoms with Gasteiger partial charge in [-0.2, -0.15) is 0 Å². The van der Waals surface area contributed by atoms with Gasteiger partial charge >= 0.3 is 0 Å². The average molecular weight is 494 g/mol. The Morgan fingerprint density at radius 1 is 1.28 bits per heavy atom. The van der Waals surface area contributed by atoms with E-state index in [1.54, 1.807) is 13.0 Å². The lowest BCUT2D eigenvalue weighted by atomic mass is 10.1. The molecule has 0 saturated heterocycles. The number of nitrogens with one attached hydrogen (secondary N) is 2. The van der Waals surface area contributed by atoms with Gasteiger partial charge in [0.2, 0.25) is 11.0 Å². The van der Waals surface area contributed by atoms with Gasteiger partial charge in [0.1, 0.15) is 5.69 Å². The number of nitrogens with zero attached hydrogens (tertiary/aromatic N) is 3. The summed E-state index contributed by atoms with van der Waals surface area (Å²) in [4.78, 5) is 23.1. The van der Waals surface area contributed by atoms with Crippen LogP contribution in [0.25, 0.3) is 0 Å². The Morgan fingerprint density at radius 3 is 2.79 bits per heavy atom. The first-order chi connectivity index (χ1) is 13.8. The van der Waals surface area contributed by atoms with Crippen molar-refractivity contribution >= 4 is 67.1 Å². The van der Waals surface area contributed by atoms with E-state index >= 15 is 0 Å². The zero-order valence-electron chi connectivity index (χ0n) is 15.4. The number of carbonyl (C=O) groups is 1. The molecule has 0 saturated carbocycles. The van der Waals surface area contributed by atoms with Gasteiger partial charge < -0.3 is 10.6 Å². The van der Waals surface area contributed by atoms with Crippen molar-refractivity contribution in [3.63, 3.8) is 0 Å². The van der Waals surface area contributed by atoms with E-state index in [-0.39, 0.29) is 23.0 Å². The van der Waals surface area contributed by atoms with Crippen LogP contribution in [0.15, 0.2) is 45.2 Å². The molecule has 150 valence electrons. The summed E-state index contributed by atoms with van der Waals surface area (Å²) < 4.78 is 1.56. The summed E-state index contributed by atoms with van der Waals surface area (Å²) in [5, 5.41) is 25.8. The number of aryl methyl sites for hydroxylation is 1.